The number of carbonyl (C=O) groups excluding carboxylic acids is 5. The van der Waals surface area contributed by atoms with Gasteiger partial charge >= 0.3 is 24.0 Å². The van der Waals surface area contributed by atoms with Gasteiger partial charge in [0.05, 0.1) is 0 Å². The zero-order chi connectivity index (χ0) is 29.9. The van der Waals surface area contributed by atoms with Crippen molar-refractivity contribution < 1.29 is 42.9 Å². The highest BCUT2D eigenvalue weighted by Gasteiger charge is 2.37. The summed E-state index contributed by atoms with van der Waals surface area (Å²) >= 11 is 0. The Balaban J connectivity index is 5.63. The van der Waals surface area contributed by atoms with Crippen molar-refractivity contribution in [3.8, 4) is 0 Å². The molecule has 0 aromatic rings. The van der Waals surface area contributed by atoms with Crippen molar-refractivity contribution in [1.29, 1.82) is 0 Å². The largest absolute Gasteiger partial charge is 0.460 e. The van der Waals surface area contributed by atoms with Crippen LogP contribution in [0.25, 0.3) is 0 Å². The van der Waals surface area contributed by atoms with E-state index in [-0.39, 0.29) is 25.4 Å². The predicted molar refractivity (Wildman–Crippen MR) is 141 cm³/mol. The molecule has 2 N–H and O–H groups in total. The van der Waals surface area contributed by atoms with E-state index >= 15 is 0 Å². The number of ether oxygens (including phenoxy) is 4. The van der Waals surface area contributed by atoms with E-state index < -0.39 is 58.8 Å². The van der Waals surface area contributed by atoms with Gasteiger partial charge in [-0.1, -0.05) is 32.9 Å². The van der Waals surface area contributed by atoms with Crippen LogP contribution >= 0.6 is 0 Å². The highest BCUT2D eigenvalue weighted by Crippen LogP contribution is 2.19. The zero-order valence-corrected chi connectivity index (χ0v) is 24.5. The molecule has 38 heavy (non-hydrogen) atoms. The summed E-state index contributed by atoms with van der Waals surface area (Å²) < 4.78 is 21.0. The number of amides is 2. The average molecular weight is 543 g/mol. The number of esters is 3. The minimum absolute atomic E-state index is 0.0273. The van der Waals surface area contributed by atoms with E-state index in [0.29, 0.717) is 6.42 Å². The Labute approximate surface area is 226 Å². The smallest absolute Gasteiger partial charge is 0.408 e. The molecule has 0 bridgehead atoms. The van der Waals surface area contributed by atoms with Crippen LogP contribution in [0.5, 0.6) is 0 Å². The van der Waals surface area contributed by atoms with E-state index in [2.05, 4.69) is 17.2 Å². The second-order valence-corrected chi connectivity index (χ2v) is 11.5. The molecule has 0 fully saturated rings. The molecule has 3 atom stereocenters. The molecule has 0 aliphatic carbocycles. The van der Waals surface area contributed by atoms with Crippen LogP contribution in [-0.2, 0) is 38.1 Å². The second kappa shape index (κ2) is 14.7. The standard InChI is InChI=1S/C27H46N2O9/c1-12-16-35-22(32)20(17(3)13-2)29-21(31)18(28-24(34)38-26(7,8)9)14-15-19(30)36-27(10,11)23(33)37-25(4,5)6/h12,17-18,20H,1,13-16H2,2-11H3,(H,28,34)(H,29,31)/t17?,18-,20?/m0/s1. The Morgan fingerprint density at radius 3 is 1.89 bits per heavy atom. The van der Waals surface area contributed by atoms with Gasteiger partial charge in [0.25, 0.3) is 0 Å². The Morgan fingerprint density at radius 1 is 0.868 bits per heavy atom. The van der Waals surface area contributed by atoms with E-state index in [1.165, 1.54) is 19.9 Å². The lowest BCUT2D eigenvalue weighted by molar-refractivity contribution is -0.186. The van der Waals surface area contributed by atoms with Gasteiger partial charge in [0.1, 0.15) is 29.9 Å². The van der Waals surface area contributed by atoms with Gasteiger partial charge < -0.3 is 29.6 Å². The summed E-state index contributed by atoms with van der Waals surface area (Å²) in [5.41, 5.74) is -3.19. The number of rotatable bonds is 13. The molecule has 0 aliphatic heterocycles. The number of alkyl carbamates (subject to hydrolysis) is 1. The minimum atomic E-state index is -1.57. The van der Waals surface area contributed by atoms with Crippen LogP contribution in [0.4, 0.5) is 4.79 Å². The molecule has 0 heterocycles. The summed E-state index contributed by atoms with van der Waals surface area (Å²) in [6.07, 6.45) is 0.571. The Kier molecular flexibility index (Phi) is 13.5. The fourth-order valence-electron chi connectivity index (χ4n) is 2.91. The lowest BCUT2D eigenvalue weighted by Gasteiger charge is -2.29. The summed E-state index contributed by atoms with van der Waals surface area (Å²) in [4.78, 5) is 63.1. The fourth-order valence-corrected chi connectivity index (χ4v) is 2.91. The molecule has 0 saturated heterocycles. The maximum absolute atomic E-state index is 13.2. The molecule has 0 aliphatic rings. The van der Waals surface area contributed by atoms with E-state index in [1.807, 2.05) is 6.92 Å². The van der Waals surface area contributed by atoms with Crippen molar-refractivity contribution in [1.82, 2.24) is 10.6 Å². The van der Waals surface area contributed by atoms with Crippen LogP contribution in [0.2, 0.25) is 0 Å². The number of nitrogens with one attached hydrogen (secondary N) is 2. The highest BCUT2D eigenvalue weighted by atomic mass is 16.6. The Hall–Kier alpha value is -3.11. The third kappa shape index (κ3) is 14.0. The molecular formula is C27H46N2O9. The first-order valence-corrected chi connectivity index (χ1v) is 12.7. The second-order valence-electron chi connectivity index (χ2n) is 11.5. The lowest BCUT2D eigenvalue weighted by atomic mass is 9.98. The van der Waals surface area contributed by atoms with E-state index in [4.69, 9.17) is 18.9 Å². The maximum Gasteiger partial charge on any atom is 0.408 e. The summed E-state index contributed by atoms with van der Waals surface area (Å²) in [5, 5.41) is 5.07. The van der Waals surface area contributed by atoms with Gasteiger partial charge in [0.15, 0.2) is 0 Å². The quantitative estimate of drug-likeness (QED) is 0.202. The van der Waals surface area contributed by atoms with Gasteiger partial charge in [-0.2, -0.15) is 0 Å². The zero-order valence-electron chi connectivity index (χ0n) is 24.5. The third-order valence-electron chi connectivity index (χ3n) is 5.01. The fraction of sp³-hybridized carbons (Fsp3) is 0.741. The molecule has 218 valence electrons. The average Bonchev–Trinajstić information content (AvgIpc) is 2.75. The van der Waals surface area contributed by atoms with E-state index in [1.54, 1.807) is 48.5 Å². The molecule has 2 amide bonds. The first-order chi connectivity index (χ1) is 17.2. The van der Waals surface area contributed by atoms with Gasteiger partial charge in [-0.05, 0) is 67.7 Å². The van der Waals surface area contributed by atoms with Crippen LogP contribution in [-0.4, -0.2) is 65.4 Å². The van der Waals surface area contributed by atoms with Gasteiger partial charge in [-0.25, -0.2) is 14.4 Å². The van der Waals surface area contributed by atoms with E-state index in [9.17, 15) is 24.0 Å². The molecule has 0 radical (unpaired) electrons. The van der Waals surface area contributed by atoms with E-state index in [0.717, 1.165) is 0 Å². The Morgan fingerprint density at radius 2 is 1.42 bits per heavy atom. The van der Waals surface area contributed by atoms with Gasteiger partial charge in [0.2, 0.25) is 11.5 Å². The third-order valence-corrected chi connectivity index (χ3v) is 5.01. The summed E-state index contributed by atoms with van der Waals surface area (Å²) in [6, 6.07) is -2.24. The molecule has 0 spiro atoms. The van der Waals surface area contributed by atoms with Crippen molar-refractivity contribution in [2.45, 2.75) is 117 Å². The molecule has 11 nitrogen and oxygen atoms in total. The first kappa shape index (κ1) is 34.9. The molecule has 0 aromatic heterocycles. The number of hydrogen-bond acceptors (Lipinski definition) is 9. The summed E-state index contributed by atoms with van der Waals surface area (Å²) in [7, 11) is 0. The molecule has 0 saturated carbocycles. The van der Waals surface area contributed by atoms with Crippen LogP contribution in [0.15, 0.2) is 12.7 Å². The SMILES string of the molecule is C=CCOC(=O)C(NC(=O)[C@H](CCC(=O)OC(C)(C)C(=O)OC(C)(C)C)NC(=O)OC(C)(C)C)C(C)CC. The maximum atomic E-state index is 13.2. The first-order valence-electron chi connectivity index (χ1n) is 12.7. The summed E-state index contributed by atoms with van der Waals surface area (Å²) in [5.74, 6) is -3.15. The van der Waals surface area contributed by atoms with Gasteiger partial charge in [-0.3, -0.25) is 9.59 Å². The lowest BCUT2D eigenvalue weighted by Crippen LogP contribution is -2.54. The number of hydrogen-bond donors (Lipinski definition) is 2. The highest BCUT2D eigenvalue weighted by molar-refractivity contribution is 5.90. The monoisotopic (exact) mass is 542 g/mol. The van der Waals surface area contributed by atoms with Crippen LogP contribution in [0.3, 0.4) is 0 Å². The molecule has 0 rings (SSSR count). The van der Waals surface area contributed by atoms with Gasteiger partial charge in [0, 0.05) is 6.42 Å². The van der Waals surface area contributed by atoms with Crippen LogP contribution in [0, 0.1) is 5.92 Å². The summed E-state index contributed by atoms with van der Waals surface area (Å²) in [6.45, 7) is 19.9. The molecular weight excluding hydrogens is 496 g/mol. The van der Waals surface area contributed by atoms with Gasteiger partial charge in [-0.15, -0.1) is 0 Å². The van der Waals surface area contributed by atoms with Crippen molar-refractivity contribution in [2.24, 2.45) is 5.92 Å². The van der Waals surface area contributed by atoms with Crippen LogP contribution in [0.1, 0.15) is 88.5 Å². The van der Waals surface area contributed by atoms with Crippen molar-refractivity contribution >= 4 is 29.9 Å². The molecule has 2 unspecified atom stereocenters. The van der Waals surface area contributed by atoms with Crippen molar-refractivity contribution in [3.63, 3.8) is 0 Å². The predicted octanol–water partition coefficient (Wildman–Crippen LogP) is 3.58. The van der Waals surface area contributed by atoms with Crippen molar-refractivity contribution in [2.75, 3.05) is 6.61 Å². The Bertz CT molecular complexity index is 854. The molecule has 11 heteroatoms. The topological polar surface area (TPSA) is 146 Å². The van der Waals surface area contributed by atoms with Crippen LogP contribution < -0.4 is 10.6 Å². The number of carbonyl (C=O) groups is 5. The van der Waals surface area contributed by atoms with Crippen molar-refractivity contribution in [3.05, 3.63) is 12.7 Å². The minimum Gasteiger partial charge on any atom is -0.460 e. The molecule has 0 aromatic carbocycles. The normalized spacial score (nSPS) is 14.3.